The first-order valence-corrected chi connectivity index (χ1v) is 10.5. The first-order chi connectivity index (χ1) is 13.6. The third-order valence-electron chi connectivity index (χ3n) is 5.80. The van der Waals surface area contributed by atoms with E-state index < -0.39 is 23.4 Å². The van der Waals surface area contributed by atoms with E-state index in [2.05, 4.69) is 10.3 Å². The number of piperazine rings is 1. The minimum Gasteiger partial charge on any atom is -0.465 e. The average molecular weight is 428 g/mol. The lowest BCUT2D eigenvalue weighted by Crippen LogP contribution is -2.69. The van der Waals surface area contributed by atoms with Gasteiger partial charge >= 0.3 is 12.3 Å². The number of carbonyl (C=O) groups is 1. The molecule has 1 aromatic carbocycles. The first-order valence-electron chi connectivity index (χ1n) is 9.54. The van der Waals surface area contributed by atoms with Crippen LogP contribution in [0.2, 0.25) is 0 Å². The third-order valence-corrected chi connectivity index (χ3v) is 6.92. The Kier molecular flexibility index (Phi) is 4.97. The number of nitrogens with one attached hydrogen (secondary N) is 1. The number of halogens is 3. The van der Waals surface area contributed by atoms with Crippen LogP contribution in [0.5, 0.6) is 0 Å². The molecule has 3 aliphatic rings. The second-order valence-electron chi connectivity index (χ2n) is 7.89. The van der Waals surface area contributed by atoms with Gasteiger partial charge in [0.25, 0.3) is 0 Å². The van der Waals surface area contributed by atoms with Crippen molar-refractivity contribution in [1.29, 1.82) is 0 Å². The number of thioether (sulfide) groups is 1. The number of alkyl halides is 3. The minimum atomic E-state index is -4.49. The second kappa shape index (κ2) is 7.09. The molecule has 6 nitrogen and oxygen atoms in total. The Morgan fingerprint density at radius 3 is 2.86 bits per heavy atom. The second-order valence-corrected chi connectivity index (χ2v) is 9.03. The number of carboxylic acid groups (broad SMARTS) is 1. The van der Waals surface area contributed by atoms with Gasteiger partial charge in [0.1, 0.15) is 6.67 Å². The van der Waals surface area contributed by atoms with Crippen molar-refractivity contribution in [1.82, 2.24) is 10.2 Å². The van der Waals surface area contributed by atoms with Gasteiger partial charge < -0.3 is 15.3 Å². The van der Waals surface area contributed by atoms with Gasteiger partial charge in [-0.25, -0.2) is 4.79 Å². The Hall–Kier alpha value is -1.94. The van der Waals surface area contributed by atoms with Crippen molar-refractivity contribution in [2.75, 3.05) is 37.0 Å². The fraction of sp³-hybridized carbons (Fsp3) is 0.579. The zero-order valence-corrected chi connectivity index (χ0v) is 17.0. The van der Waals surface area contributed by atoms with Gasteiger partial charge in [-0.05, 0) is 38.2 Å². The summed E-state index contributed by atoms with van der Waals surface area (Å²) in [4.78, 5) is 20.6. The van der Waals surface area contributed by atoms with Crippen molar-refractivity contribution < 1.29 is 23.1 Å². The van der Waals surface area contributed by atoms with E-state index in [1.54, 1.807) is 13.8 Å². The number of hydrogen-bond acceptors (Lipinski definition) is 5. The van der Waals surface area contributed by atoms with Crippen molar-refractivity contribution >= 4 is 29.3 Å². The molecular formula is C19H23F3N4O2S. The zero-order chi connectivity index (χ0) is 21.0. The molecule has 0 spiro atoms. The van der Waals surface area contributed by atoms with E-state index in [1.165, 1.54) is 22.7 Å². The number of hydrogen-bond donors (Lipinski definition) is 2. The maximum absolute atomic E-state index is 13.6. The molecule has 2 unspecified atom stereocenters. The third kappa shape index (κ3) is 3.35. The van der Waals surface area contributed by atoms with E-state index in [4.69, 9.17) is 0 Å². The summed E-state index contributed by atoms with van der Waals surface area (Å²) in [6, 6.07) is 2.02. The average Bonchev–Trinajstić information content (AvgIpc) is 2.84. The molecule has 1 aromatic rings. The first kappa shape index (κ1) is 20.3. The Morgan fingerprint density at radius 2 is 2.17 bits per heavy atom. The molecule has 1 fully saturated rings. The van der Waals surface area contributed by atoms with Crippen LogP contribution in [-0.4, -0.2) is 65.4 Å². The van der Waals surface area contributed by atoms with Crippen LogP contribution in [0.3, 0.4) is 0 Å². The van der Waals surface area contributed by atoms with Gasteiger partial charge in [-0.15, -0.1) is 11.8 Å². The summed E-state index contributed by atoms with van der Waals surface area (Å²) in [5.41, 5.74) is -0.252. The molecule has 2 atom stereocenters. The summed E-state index contributed by atoms with van der Waals surface area (Å²) in [7, 11) is 0. The molecule has 0 aliphatic carbocycles. The maximum atomic E-state index is 13.6. The van der Waals surface area contributed by atoms with Crippen molar-refractivity contribution in [3.63, 3.8) is 0 Å². The van der Waals surface area contributed by atoms with E-state index in [0.717, 1.165) is 23.9 Å². The maximum Gasteiger partial charge on any atom is 0.416 e. The molecule has 2 N–H and O–H groups in total. The van der Waals surface area contributed by atoms with Crippen molar-refractivity contribution in [3.05, 3.63) is 23.3 Å². The molecule has 1 amide bonds. The van der Waals surface area contributed by atoms with Crippen LogP contribution in [-0.2, 0) is 6.18 Å². The predicted molar refractivity (Wildman–Crippen MR) is 106 cm³/mol. The van der Waals surface area contributed by atoms with Crippen LogP contribution in [0, 0.1) is 0 Å². The van der Waals surface area contributed by atoms with E-state index in [-0.39, 0.29) is 6.04 Å². The molecule has 3 heterocycles. The normalized spacial score (nSPS) is 27.2. The number of benzene rings is 1. The lowest BCUT2D eigenvalue weighted by Gasteiger charge is -2.49. The van der Waals surface area contributed by atoms with Crippen LogP contribution in [0.1, 0.15) is 31.4 Å². The van der Waals surface area contributed by atoms with Gasteiger partial charge in [0.2, 0.25) is 0 Å². The molecular weight excluding hydrogens is 405 g/mol. The Labute approximate surface area is 171 Å². The standard InChI is InChI=1S/C19H23F3N4O2S/c1-11-8-23-9-18(2,26(11)17(27)28)16-13-6-12(19(20,21)22)7-14-15(13)25(10-24-16)4-3-5-29-14/h6-7,11,23H,3-5,8-10H2,1-2H3,(H,27,28). The number of rotatable bonds is 1. The highest BCUT2D eigenvalue weighted by Crippen LogP contribution is 2.45. The number of nitrogens with zero attached hydrogens (tertiary/aromatic N) is 3. The van der Waals surface area contributed by atoms with Gasteiger partial charge in [-0.2, -0.15) is 13.2 Å². The van der Waals surface area contributed by atoms with Crippen molar-refractivity contribution in [2.24, 2.45) is 4.99 Å². The van der Waals surface area contributed by atoms with Gasteiger partial charge in [0, 0.05) is 36.1 Å². The molecule has 0 radical (unpaired) electrons. The number of amides is 1. The van der Waals surface area contributed by atoms with E-state index >= 15 is 0 Å². The highest BCUT2D eigenvalue weighted by Gasteiger charge is 2.48. The van der Waals surface area contributed by atoms with Crippen molar-refractivity contribution in [3.8, 4) is 0 Å². The highest BCUT2D eigenvalue weighted by molar-refractivity contribution is 7.99. The van der Waals surface area contributed by atoms with Gasteiger partial charge in [-0.1, -0.05) is 0 Å². The minimum absolute atomic E-state index is 0.292. The SMILES string of the molecule is CC1CNCC(C)(C2=NCN3CCCSc4cc(C(F)(F)F)cc2c43)N1C(=O)O. The molecule has 0 saturated carbocycles. The van der Waals surface area contributed by atoms with E-state index in [1.807, 2.05) is 4.90 Å². The topological polar surface area (TPSA) is 68.2 Å². The molecule has 4 rings (SSSR count). The zero-order valence-electron chi connectivity index (χ0n) is 16.2. The molecule has 1 saturated heterocycles. The fourth-order valence-electron chi connectivity index (χ4n) is 4.57. The largest absolute Gasteiger partial charge is 0.465 e. The summed E-state index contributed by atoms with van der Waals surface area (Å²) in [5, 5.41) is 13.1. The monoisotopic (exact) mass is 428 g/mol. The van der Waals surface area contributed by atoms with Crippen LogP contribution in [0.15, 0.2) is 22.0 Å². The number of anilines is 1. The highest BCUT2D eigenvalue weighted by atomic mass is 32.2. The van der Waals surface area contributed by atoms with Crippen molar-refractivity contribution in [2.45, 2.75) is 42.9 Å². The summed E-state index contributed by atoms with van der Waals surface area (Å²) in [5.74, 6) is 0.733. The smallest absolute Gasteiger partial charge is 0.416 e. The predicted octanol–water partition coefficient (Wildman–Crippen LogP) is 3.50. The van der Waals surface area contributed by atoms with Crippen LogP contribution < -0.4 is 10.2 Å². The van der Waals surface area contributed by atoms with Crippen LogP contribution >= 0.6 is 11.8 Å². The van der Waals surface area contributed by atoms with Gasteiger partial charge in [0.05, 0.1) is 22.5 Å². The van der Waals surface area contributed by atoms with Crippen LogP contribution in [0.25, 0.3) is 0 Å². The summed E-state index contributed by atoms with van der Waals surface area (Å²) >= 11 is 1.42. The Morgan fingerprint density at radius 1 is 1.41 bits per heavy atom. The number of aliphatic imine (C=N–C) groups is 1. The molecule has 0 aromatic heterocycles. The molecule has 10 heteroatoms. The molecule has 0 bridgehead atoms. The van der Waals surface area contributed by atoms with Crippen LogP contribution in [0.4, 0.5) is 23.7 Å². The summed E-state index contributed by atoms with van der Waals surface area (Å²) < 4.78 is 40.9. The Bertz CT molecular complexity index is 876. The Balaban J connectivity index is 1.92. The molecule has 158 valence electrons. The molecule has 29 heavy (non-hydrogen) atoms. The summed E-state index contributed by atoms with van der Waals surface area (Å²) in [6.07, 6.45) is -4.74. The lowest BCUT2D eigenvalue weighted by atomic mass is 9.83. The van der Waals surface area contributed by atoms with E-state index in [9.17, 15) is 23.1 Å². The summed E-state index contributed by atoms with van der Waals surface area (Å²) in [6.45, 7) is 5.34. The fourth-order valence-corrected chi connectivity index (χ4v) is 5.64. The van der Waals surface area contributed by atoms with Gasteiger partial charge in [-0.3, -0.25) is 9.89 Å². The van der Waals surface area contributed by atoms with E-state index in [0.29, 0.717) is 42.5 Å². The lowest BCUT2D eigenvalue weighted by molar-refractivity contribution is -0.137. The quantitative estimate of drug-likeness (QED) is 0.717. The van der Waals surface area contributed by atoms with Gasteiger partial charge in [0.15, 0.2) is 0 Å². The molecule has 3 aliphatic heterocycles.